The number of nitrogens with zero attached hydrogens (tertiary/aromatic N) is 1. The van der Waals surface area contributed by atoms with Gasteiger partial charge in [-0.15, -0.1) is 0 Å². The number of carbonyl (C=O) groups excluding carboxylic acids is 1. The fourth-order valence-corrected chi connectivity index (χ4v) is 3.29. The van der Waals surface area contributed by atoms with Gasteiger partial charge >= 0.3 is 0 Å². The van der Waals surface area contributed by atoms with Crippen LogP contribution in [0.1, 0.15) is 42.6 Å². The molecule has 1 amide bonds. The maximum absolute atomic E-state index is 12.5. The third-order valence-electron chi connectivity index (χ3n) is 4.66. The van der Waals surface area contributed by atoms with Crippen molar-refractivity contribution in [2.24, 2.45) is 0 Å². The average molecular weight is 294 g/mol. The minimum atomic E-state index is -0.318. The average Bonchev–Trinajstić information content (AvgIpc) is 2.58. The highest BCUT2D eigenvalue weighted by atomic mass is 16.2. The van der Waals surface area contributed by atoms with Gasteiger partial charge in [-0.1, -0.05) is 56.3 Å². The highest BCUT2D eigenvalue weighted by Crippen LogP contribution is 2.36. The number of para-hydroxylation sites is 1. The topological polar surface area (TPSA) is 32.3 Å². The number of rotatable bonds is 4. The van der Waals surface area contributed by atoms with Gasteiger partial charge in [0.2, 0.25) is 0 Å². The normalized spacial score (nSPS) is 16.1. The molecule has 0 radical (unpaired) electrons. The molecule has 2 aromatic carbocycles. The Bertz CT molecular complexity index is 662. The van der Waals surface area contributed by atoms with Crippen LogP contribution in [0.15, 0.2) is 54.6 Å². The smallest absolute Gasteiger partial charge is 0.255 e. The number of hydrogen-bond acceptors (Lipinski definition) is 2. The van der Waals surface area contributed by atoms with Crippen molar-refractivity contribution in [3.05, 3.63) is 65.7 Å². The largest absolute Gasteiger partial charge is 0.344 e. The second-order valence-corrected chi connectivity index (χ2v) is 5.78. The zero-order valence-corrected chi connectivity index (χ0v) is 13.2. The zero-order chi connectivity index (χ0) is 15.6. The minimum Gasteiger partial charge on any atom is -0.344 e. The van der Waals surface area contributed by atoms with Crippen molar-refractivity contribution >= 4 is 11.6 Å². The second kappa shape index (κ2) is 5.84. The molecule has 0 saturated carbocycles. The number of fused-ring (bicyclic) bond motifs is 1. The van der Waals surface area contributed by atoms with E-state index in [0.29, 0.717) is 0 Å². The Labute approximate surface area is 132 Å². The summed E-state index contributed by atoms with van der Waals surface area (Å²) in [6, 6.07) is 18.3. The summed E-state index contributed by atoms with van der Waals surface area (Å²) in [4.78, 5) is 14.8. The van der Waals surface area contributed by atoms with Crippen LogP contribution in [-0.4, -0.2) is 11.6 Å². The lowest BCUT2D eigenvalue weighted by atomic mass is 9.93. The molecule has 0 atom stereocenters. The summed E-state index contributed by atoms with van der Waals surface area (Å²) < 4.78 is 0. The minimum absolute atomic E-state index is 0.0311. The second-order valence-electron chi connectivity index (χ2n) is 5.78. The Morgan fingerprint density at radius 3 is 2.27 bits per heavy atom. The SMILES string of the molecule is CCC1(CC)NC(=O)c2ccccc2N1Cc1ccccc1. The number of carbonyl (C=O) groups is 1. The van der Waals surface area contributed by atoms with Crippen LogP contribution in [0.3, 0.4) is 0 Å². The molecule has 3 rings (SSSR count). The first-order valence-electron chi connectivity index (χ1n) is 7.93. The van der Waals surface area contributed by atoms with E-state index in [1.54, 1.807) is 0 Å². The van der Waals surface area contributed by atoms with Crippen molar-refractivity contribution < 1.29 is 4.79 Å². The van der Waals surface area contributed by atoms with Crippen LogP contribution in [0.25, 0.3) is 0 Å². The summed E-state index contributed by atoms with van der Waals surface area (Å²) in [5.74, 6) is 0.0311. The fraction of sp³-hybridized carbons (Fsp3) is 0.316. The molecule has 0 spiro atoms. The first kappa shape index (κ1) is 14.6. The van der Waals surface area contributed by atoms with E-state index >= 15 is 0 Å². The molecule has 3 nitrogen and oxygen atoms in total. The van der Waals surface area contributed by atoms with Gasteiger partial charge in [-0.2, -0.15) is 0 Å². The Balaban J connectivity index is 2.08. The van der Waals surface area contributed by atoms with E-state index in [9.17, 15) is 4.79 Å². The molecule has 0 fully saturated rings. The molecule has 0 saturated heterocycles. The van der Waals surface area contributed by atoms with Crippen molar-refractivity contribution in [1.82, 2.24) is 5.32 Å². The fourth-order valence-electron chi connectivity index (χ4n) is 3.29. The lowest BCUT2D eigenvalue weighted by Gasteiger charge is -2.49. The quantitative estimate of drug-likeness (QED) is 0.926. The Hall–Kier alpha value is -2.29. The molecule has 0 bridgehead atoms. The van der Waals surface area contributed by atoms with Crippen molar-refractivity contribution in [1.29, 1.82) is 0 Å². The van der Waals surface area contributed by atoms with E-state index in [2.05, 4.69) is 54.4 Å². The third kappa shape index (κ3) is 2.37. The lowest BCUT2D eigenvalue weighted by Crippen LogP contribution is -2.63. The van der Waals surface area contributed by atoms with E-state index in [4.69, 9.17) is 0 Å². The summed E-state index contributed by atoms with van der Waals surface area (Å²) in [7, 11) is 0. The summed E-state index contributed by atoms with van der Waals surface area (Å²) in [6.45, 7) is 5.06. The van der Waals surface area contributed by atoms with Gasteiger partial charge in [0.25, 0.3) is 5.91 Å². The molecule has 3 heteroatoms. The molecule has 1 aliphatic heterocycles. The Morgan fingerprint density at radius 1 is 0.955 bits per heavy atom. The highest BCUT2D eigenvalue weighted by Gasteiger charge is 2.40. The highest BCUT2D eigenvalue weighted by molar-refractivity contribution is 6.02. The maximum atomic E-state index is 12.5. The van der Waals surface area contributed by atoms with Crippen molar-refractivity contribution in [2.75, 3.05) is 4.90 Å². The molecule has 1 heterocycles. The van der Waals surface area contributed by atoms with Crippen LogP contribution in [0.5, 0.6) is 0 Å². The van der Waals surface area contributed by atoms with E-state index in [1.165, 1.54) is 5.56 Å². The lowest BCUT2D eigenvalue weighted by molar-refractivity contribution is 0.0869. The summed E-state index contributed by atoms with van der Waals surface area (Å²) in [5, 5.41) is 3.24. The number of amides is 1. The summed E-state index contributed by atoms with van der Waals surface area (Å²) >= 11 is 0. The van der Waals surface area contributed by atoms with Gasteiger partial charge in [0.05, 0.1) is 11.3 Å². The third-order valence-corrected chi connectivity index (χ3v) is 4.66. The van der Waals surface area contributed by atoms with Gasteiger partial charge < -0.3 is 10.2 Å². The van der Waals surface area contributed by atoms with E-state index in [0.717, 1.165) is 30.6 Å². The molecule has 114 valence electrons. The van der Waals surface area contributed by atoms with Crippen molar-refractivity contribution in [3.8, 4) is 0 Å². The van der Waals surface area contributed by atoms with E-state index in [1.807, 2.05) is 24.3 Å². The molecule has 0 aromatic heterocycles. The molecular weight excluding hydrogens is 272 g/mol. The van der Waals surface area contributed by atoms with Crippen molar-refractivity contribution in [3.63, 3.8) is 0 Å². The Kier molecular flexibility index (Phi) is 3.88. The number of hydrogen-bond donors (Lipinski definition) is 1. The van der Waals surface area contributed by atoms with Gasteiger partial charge in [-0.25, -0.2) is 0 Å². The molecule has 2 aromatic rings. The van der Waals surface area contributed by atoms with Crippen LogP contribution in [0, 0.1) is 0 Å². The standard InChI is InChI=1S/C19H22N2O/c1-3-19(4-2)20-18(22)16-12-8-9-13-17(16)21(19)14-15-10-6-5-7-11-15/h5-13H,3-4,14H2,1-2H3,(H,20,22). The molecule has 1 aliphatic rings. The molecule has 22 heavy (non-hydrogen) atoms. The van der Waals surface area contributed by atoms with Gasteiger partial charge in [0, 0.05) is 6.54 Å². The maximum Gasteiger partial charge on any atom is 0.255 e. The van der Waals surface area contributed by atoms with Crippen molar-refractivity contribution in [2.45, 2.75) is 38.9 Å². The predicted octanol–water partition coefficient (Wildman–Crippen LogP) is 3.95. The first-order chi connectivity index (χ1) is 10.7. The van der Waals surface area contributed by atoms with Crippen LogP contribution in [0.2, 0.25) is 0 Å². The summed E-state index contributed by atoms with van der Waals surface area (Å²) in [5.41, 5.74) is 2.72. The monoisotopic (exact) mass is 294 g/mol. The predicted molar refractivity (Wildman–Crippen MR) is 89.8 cm³/mol. The first-order valence-corrected chi connectivity index (χ1v) is 7.93. The number of nitrogens with one attached hydrogen (secondary N) is 1. The molecule has 1 N–H and O–H groups in total. The van der Waals surface area contributed by atoms with Crippen LogP contribution < -0.4 is 10.2 Å². The number of benzene rings is 2. The Morgan fingerprint density at radius 2 is 1.59 bits per heavy atom. The van der Waals surface area contributed by atoms with Crippen LogP contribution >= 0.6 is 0 Å². The van der Waals surface area contributed by atoms with Gasteiger partial charge in [0.15, 0.2) is 0 Å². The number of anilines is 1. The van der Waals surface area contributed by atoms with Crippen LogP contribution in [-0.2, 0) is 6.54 Å². The molecular formula is C19H22N2O. The van der Waals surface area contributed by atoms with Gasteiger partial charge in [-0.3, -0.25) is 4.79 Å². The van der Waals surface area contributed by atoms with E-state index in [-0.39, 0.29) is 11.6 Å². The van der Waals surface area contributed by atoms with Crippen LogP contribution in [0.4, 0.5) is 5.69 Å². The molecule has 0 unspecified atom stereocenters. The van der Waals surface area contributed by atoms with Gasteiger partial charge in [0.1, 0.15) is 5.66 Å². The zero-order valence-electron chi connectivity index (χ0n) is 13.2. The van der Waals surface area contributed by atoms with E-state index < -0.39 is 0 Å². The van der Waals surface area contributed by atoms with Gasteiger partial charge in [-0.05, 0) is 30.5 Å². The summed E-state index contributed by atoms with van der Waals surface area (Å²) in [6.07, 6.45) is 1.74. The molecule has 0 aliphatic carbocycles.